The van der Waals surface area contributed by atoms with Crippen LogP contribution in [0.25, 0.3) is 0 Å². The number of nitrogens with zero attached hydrogens (tertiary/aromatic N) is 2. The van der Waals surface area contributed by atoms with Crippen LogP contribution >= 0.6 is 0 Å². The van der Waals surface area contributed by atoms with Crippen molar-refractivity contribution < 1.29 is 5.11 Å². The van der Waals surface area contributed by atoms with E-state index in [0.29, 0.717) is 6.04 Å². The van der Waals surface area contributed by atoms with E-state index in [0.717, 1.165) is 32.5 Å². The van der Waals surface area contributed by atoms with E-state index in [9.17, 15) is 5.11 Å². The largest absolute Gasteiger partial charge is 0.396 e. The number of benzene rings is 1. The number of hydrogen-bond acceptors (Lipinski definition) is 3. The third kappa shape index (κ3) is 2.85. The number of piperazine rings is 1. The number of hydrogen-bond donors (Lipinski definition) is 1. The van der Waals surface area contributed by atoms with E-state index in [-0.39, 0.29) is 6.61 Å². The van der Waals surface area contributed by atoms with Crippen LogP contribution in [0.1, 0.15) is 18.9 Å². The molecule has 0 saturated carbocycles. The smallest absolute Gasteiger partial charge is 0.0451 e. The average molecular weight is 248 g/mol. The number of aliphatic hydroxyl groups is 1. The summed E-state index contributed by atoms with van der Waals surface area (Å²) in [7, 11) is 2.16. The van der Waals surface area contributed by atoms with Crippen LogP contribution in [-0.4, -0.2) is 49.3 Å². The molecule has 0 aliphatic carbocycles. The van der Waals surface area contributed by atoms with Gasteiger partial charge in [-0.05, 0) is 31.5 Å². The second kappa shape index (κ2) is 6.21. The molecule has 1 aromatic carbocycles. The highest BCUT2D eigenvalue weighted by molar-refractivity contribution is 5.55. The third-order valence-electron chi connectivity index (χ3n) is 3.83. The molecule has 0 amide bonds. The molecule has 1 aliphatic rings. The number of aliphatic hydroxyl groups excluding tert-OH is 1. The minimum atomic E-state index is 0.267. The lowest BCUT2D eigenvalue weighted by Gasteiger charge is -2.42. The van der Waals surface area contributed by atoms with E-state index < -0.39 is 0 Å². The summed E-state index contributed by atoms with van der Waals surface area (Å²) >= 11 is 0. The summed E-state index contributed by atoms with van der Waals surface area (Å²) in [4.78, 5) is 4.83. The topological polar surface area (TPSA) is 26.7 Å². The van der Waals surface area contributed by atoms with Gasteiger partial charge in [-0.15, -0.1) is 0 Å². The van der Waals surface area contributed by atoms with Gasteiger partial charge in [-0.1, -0.05) is 25.1 Å². The van der Waals surface area contributed by atoms with Crippen molar-refractivity contribution in [3.05, 3.63) is 29.8 Å². The highest BCUT2D eigenvalue weighted by atomic mass is 16.3. The van der Waals surface area contributed by atoms with Gasteiger partial charge in [-0.2, -0.15) is 0 Å². The zero-order chi connectivity index (χ0) is 13.0. The van der Waals surface area contributed by atoms with Gasteiger partial charge in [-0.25, -0.2) is 0 Å². The first-order chi connectivity index (χ1) is 8.76. The molecule has 1 unspecified atom stereocenters. The van der Waals surface area contributed by atoms with Gasteiger partial charge in [0, 0.05) is 38.0 Å². The molecule has 2 rings (SSSR count). The van der Waals surface area contributed by atoms with Crippen molar-refractivity contribution in [3.8, 4) is 0 Å². The Hall–Kier alpha value is -1.06. The maximum atomic E-state index is 9.25. The van der Waals surface area contributed by atoms with Crippen LogP contribution in [0.15, 0.2) is 24.3 Å². The summed E-state index contributed by atoms with van der Waals surface area (Å²) in [5, 5.41) is 9.25. The Bertz CT molecular complexity index is 381. The van der Waals surface area contributed by atoms with Gasteiger partial charge >= 0.3 is 0 Å². The Labute approximate surface area is 110 Å². The molecule has 3 heteroatoms. The fourth-order valence-corrected chi connectivity index (χ4v) is 2.81. The SMILES string of the molecule is CCc1ccccc1N1CCN(C)CC1CCO. The van der Waals surface area contributed by atoms with Crippen molar-refractivity contribution in [2.45, 2.75) is 25.8 Å². The first kappa shape index (κ1) is 13.4. The molecular weight excluding hydrogens is 224 g/mol. The van der Waals surface area contributed by atoms with Gasteiger partial charge in [0.15, 0.2) is 0 Å². The molecule has 1 fully saturated rings. The molecule has 1 saturated heterocycles. The fraction of sp³-hybridized carbons (Fsp3) is 0.600. The molecule has 0 radical (unpaired) electrons. The molecule has 0 aromatic heterocycles. The molecule has 0 spiro atoms. The molecule has 1 heterocycles. The lowest BCUT2D eigenvalue weighted by Crippen LogP contribution is -2.52. The minimum absolute atomic E-state index is 0.267. The number of para-hydroxylation sites is 1. The summed E-state index contributed by atoms with van der Waals surface area (Å²) in [5.74, 6) is 0. The minimum Gasteiger partial charge on any atom is -0.396 e. The standard InChI is InChI=1S/C15H24N2O/c1-3-13-6-4-5-7-15(13)17-10-9-16(2)12-14(17)8-11-18/h4-7,14,18H,3,8-12H2,1-2H3. The van der Waals surface area contributed by atoms with Crippen LogP contribution in [-0.2, 0) is 6.42 Å². The van der Waals surface area contributed by atoms with Crippen LogP contribution in [0.5, 0.6) is 0 Å². The van der Waals surface area contributed by atoms with Crippen molar-refractivity contribution in [2.24, 2.45) is 0 Å². The maximum absolute atomic E-state index is 9.25. The monoisotopic (exact) mass is 248 g/mol. The van der Waals surface area contributed by atoms with Crippen LogP contribution in [0.3, 0.4) is 0 Å². The van der Waals surface area contributed by atoms with Gasteiger partial charge < -0.3 is 14.9 Å². The summed E-state index contributed by atoms with van der Waals surface area (Å²) in [6.07, 6.45) is 1.91. The first-order valence-electron chi connectivity index (χ1n) is 6.90. The first-order valence-corrected chi connectivity index (χ1v) is 6.90. The summed E-state index contributed by atoms with van der Waals surface area (Å²) in [6.45, 7) is 5.66. The number of likely N-dealkylation sites (N-methyl/N-ethyl adjacent to an activating group) is 1. The predicted octanol–water partition coefficient (Wildman–Crippen LogP) is 1.75. The van der Waals surface area contributed by atoms with E-state index >= 15 is 0 Å². The second-order valence-electron chi connectivity index (χ2n) is 5.10. The molecule has 0 bridgehead atoms. The van der Waals surface area contributed by atoms with Gasteiger partial charge in [0.2, 0.25) is 0 Å². The molecule has 100 valence electrons. The quantitative estimate of drug-likeness (QED) is 0.879. The average Bonchev–Trinajstić information content (AvgIpc) is 2.39. The summed E-state index contributed by atoms with van der Waals surface area (Å²) < 4.78 is 0. The summed E-state index contributed by atoms with van der Waals surface area (Å²) in [6, 6.07) is 9.09. The lowest BCUT2D eigenvalue weighted by atomic mass is 10.0. The fourth-order valence-electron chi connectivity index (χ4n) is 2.81. The highest BCUT2D eigenvalue weighted by Gasteiger charge is 2.25. The Morgan fingerprint density at radius 3 is 2.78 bits per heavy atom. The number of rotatable bonds is 4. The van der Waals surface area contributed by atoms with E-state index in [4.69, 9.17) is 0 Å². The molecule has 1 aliphatic heterocycles. The van der Waals surface area contributed by atoms with Crippen LogP contribution in [0, 0.1) is 0 Å². The van der Waals surface area contributed by atoms with Crippen molar-refractivity contribution in [1.29, 1.82) is 0 Å². The molecule has 1 atom stereocenters. The Kier molecular flexibility index (Phi) is 4.61. The normalized spacial score (nSPS) is 21.3. The molecular formula is C15H24N2O. The zero-order valence-electron chi connectivity index (χ0n) is 11.5. The molecule has 1 aromatic rings. The van der Waals surface area contributed by atoms with Crippen molar-refractivity contribution in [2.75, 3.05) is 38.2 Å². The van der Waals surface area contributed by atoms with Gasteiger partial charge in [0.05, 0.1) is 0 Å². The van der Waals surface area contributed by atoms with Gasteiger partial charge in [0.25, 0.3) is 0 Å². The Morgan fingerprint density at radius 1 is 1.28 bits per heavy atom. The molecule has 1 N–H and O–H groups in total. The zero-order valence-corrected chi connectivity index (χ0v) is 11.5. The van der Waals surface area contributed by atoms with E-state index in [2.05, 4.69) is 48.0 Å². The van der Waals surface area contributed by atoms with Crippen LogP contribution in [0.4, 0.5) is 5.69 Å². The van der Waals surface area contributed by atoms with E-state index in [1.165, 1.54) is 11.3 Å². The van der Waals surface area contributed by atoms with Crippen molar-refractivity contribution in [3.63, 3.8) is 0 Å². The van der Waals surface area contributed by atoms with Gasteiger partial charge in [0.1, 0.15) is 0 Å². The van der Waals surface area contributed by atoms with Crippen molar-refractivity contribution in [1.82, 2.24) is 4.90 Å². The van der Waals surface area contributed by atoms with E-state index in [1.54, 1.807) is 0 Å². The Morgan fingerprint density at radius 2 is 2.06 bits per heavy atom. The van der Waals surface area contributed by atoms with Gasteiger partial charge in [-0.3, -0.25) is 0 Å². The van der Waals surface area contributed by atoms with Crippen LogP contribution in [0.2, 0.25) is 0 Å². The lowest BCUT2D eigenvalue weighted by molar-refractivity contribution is 0.219. The Balaban J connectivity index is 2.23. The molecule has 3 nitrogen and oxygen atoms in total. The van der Waals surface area contributed by atoms with Crippen LogP contribution < -0.4 is 4.90 Å². The highest BCUT2D eigenvalue weighted by Crippen LogP contribution is 2.26. The number of aryl methyl sites for hydroxylation is 1. The predicted molar refractivity (Wildman–Crippen MR) is 76.2 cm³/mol. The third-order valence-corrected chi connectivity index (χ3v) is 3.83. The number of anilines is 1. The molecule has 18 heavy (non-hydrogen) atoms. The maximum Gasteiger partial charge on any atom is 0.0451 e. The summed E-state index contributed by atoms with van der Waals surface area (Å²) in [5.41, 5.74) is 2.76. The van der Waals surface area contributed by atoms with E-state index in [1.807, 2.05) is 0 Å². The second-order valence-corrected chi connectivity index (χ2v) is 5.10. The van der Waals surface area contributed by atoms with Crippen molar-refractivity contribution >= 4 is 5.69 Å².